The molecule has 0 bridgehead atoms. The predicted molar refractivity (Wildman–Crippen MR) is 144 cm³/mol. The van der Waals surface area contributed by atoms with Crippen molar-refractivity contribution in [3.8, 4) is 0 Å². The molecule has 1 aromatic rings. The number of amides is 5. The first kappa shape index (κ1) is 29.4. The summed E-state index contributed by atoms with van der Waals surface area (Å²) in [7, 11) is 0. The summed E-state index contributed by atoms with van der Waals surface area (Å²) in [5.74, 6) is -1.68. The summed E-state index contributed by atoms with van der Waals surface area (Å²) in [4.78, 5) is 67.8. The van der Waals surface area contributed by atoms with Crippen molar-refractivity contribution in [1.82, 2.24) is 20.0 Å². The SMILES string of the molecule is CC(C)(C)OC(=O)N(CCOCCN1CC(N)C1)CC(=O)Nc1cccc2c1CN(C1CCC(=O)NC1=O)C2=O. The van der Waals surface area contributed by atoms with Crippen LogP contribution in [-0.2, 0) is 30.4 Å². The highest BCUT2D eigenvalue weighted by Gasteiger charge is 2.40. The molecule has 2 saturated heterocycles. The fourth-order valence-corrected chi connectivity index (χ4v) is 4.89. The average molecular weight is 559 g/mol. The van der Waals surface area contributed by atoms with Gasteiger partial charge in [-0.05, 0) is 39.3 Å². The van der Waals surface area contributed by atoms with Crippen LogP contribution >= 0.6 is 0 Å². The van der Waals surface area contributed by atoms with E-state index in [1.54, 1.807) is 39.0 Å². The van der Waals surface area contributed by atoms with Gasteiger partial charge in [0, 0.05) is 62.0 Å². The number of carbonyl (C=O) groups is 5. The maximum absolute atomic E-state index is 13.1. The summed E-state index contributed by atoms with van der Waals surface area (Å²) in [5, 5.41) is 5.09. The van der Waals surface area contributed by atoms with Crippen molar-refractivity contribution in [1.29, 1.82) is 0 Å². The number of ether oxygens (including phenoxy) is 2. The van der Waals surface area contributed by atoms with Gasteiger partial charge in [-0.25, -0.2) is 4.79 Å². The molecule has 13 heteroatoms. The summed E-state index contributed by atoms with van der Waals surface area (Å²) in [6.45, 7) is 8.35. The van der Waals surface area contributed by atoms with Crippen LogP contribution in [0.4, 0.5) is 10.5 Å². The number of benzene rings is 1. The van der Waals surface area contributed by atoms with Crippen molar-refractivity contribution in [2.75, 3.05) is 51.3 Å². The van der Waals surface area contributed by atoms with E-state index >= 15 is 0 Å². The standard InChI is InChI=1S/C27H38N6O7/c1-27(2,3)40-26(38)32(10-12-39-11-9-31-13-17(28)14-31)16-23(35)29-20-6-4-5-18-19(20)15-33(25(18)37)21-7-8-22(34)30-24(21)36/h4-6,17,21H,7-16,28H2,1-3H3,(H,29,35)(H,30,34,36). The molecule has 0 radical (unpaired) electrons. The van der Waals surface area contributed by atoms with E-state index in [0.29, 0.717) is 23.4 Å². The number of anilines is 1. The summed E-state index contributed by atoms with van der Waals surface area (Å²) >= 11 is 0. The van der Waals surface area contributed by atoms with Gasteiger partial charge < -0.3 is 25.4 Å². The molecular formula is C27H38N6O7. The number of rotatable bonds is 10. The molecule has 4 N–H and O–H groups in total. The monoisotopic (exact) mass is 558 g/mol. The van der Waals surface area contributed by atoms with Crippen LogP contribution in [0.3, 0.4) is 0 Å². The minimum Gasteiger partial charge on any atom is -0.444 e. The Morgan fingerprint density at radius 1 is 1.18 bits per heavy atom. The molecule has 218 valence electrons. The third-order valence-electron chi connectivity index (χ3n) is 6.89. The van der Waals surface area contributed by atoms with E-state index in [9.17, 15) is 24.0 Å². The molecule has 2 fully saturated rings. The number of carbonyl (C=O) groups excluding carboxylic acids is 5. The second kappa shape index (κ2) is 12.3. The van der Waals surface area contributed by atoms with E-state index in [4.69, 9.17) is 15.2 Å². The second-order valence-electron chi connectivity index (χ2n) is 11.3. The summed E-state index contributed by atoms with van der Waals surface area (Å²) in [6.07, 6.45) is -0.251. The molecule has 3 aliphatic heterocycles. The Balaban J connectivity index is 1.36. The topological polar surface area (TPSA) is 164 Å². The molecule has 1 aromatic carbocycles. The molecular weight excluding hydrogens is 520 g/mol. The highest BCUT2D eigenvalue weighted by molar-refractivity contribution is 6.07. The van der Waals surface area contributed by atoms with Crippen molar-refractivity contribution in [2.45, 2.75) is 57.8 Å². The zero-order chi connectivity index (χ0) is 29.0. The largest absolute Gasteiger partial charge is 0.444 e. The van der Waals surface area contributed by atoms with Gasteiger partial charge in [-0.1, -0.05) is 6.07 Å². The second-order valence-corrected chi connectivity index (χ2v) is 11.3. The number of fused-ring (bicyclic) bond motifs is 1. The Bertz CT molecular complexity index is 1160. The van der Waals surface area contributed by atoms with Gasteiger partial charge in [-0.3, -0.25) is 34.3 Å². The summed E-state index contributed by atoms with van der Waals surface area (Å²) < 4.78 is 11.2. The van der Waals surface area contributed by atoms with Gasteiger partial charge in [0.15, 0.2) is 0 Å². The smallest absolute Gasteiger partial charge is 0.410 e. The third kappa shape index (κ3) is 7.34. The number of likely N-dealkylation sites (tertiary alicyclic amines) is 1. The lowest BCUT2D eigenvalue weighted by Crippen LogP contribution is -2.56. The minimum atomic E-state index is -0.762. The van der Waals surface area contributed by atoms with Crippen molar-refractivity contribution in [2.24, 2.45) is 5.73 Å². The zero-order valence-electron chi connectivity index (χ0n) is 23.2. The first-order valence-corrected chi connectivity index (χ1v) is 13.5. The van der Waals surface area contributed by atoms with E-state index < -0.39 is 29.6 Å². The molecule has 0 aromatic heterocycles. The van der Waals surface area contributed by atoms with Gasteiger partial charge in [0.25, 0.3) is 5.91 Å². The van der Waals surface area contributed by atoms with Crippen LogP contribution in [0.1, 0.15) is 49.5 Å². The van der Waals surface area contributed by atoms with Gasteiger partial charge in [0.2, 0.25) is 17.7 Å². The van der Waals surface area contributed by atoms with E-state index in [1.807, 2.05) is 0 Å². The lowest BCUT2D eigenvalue weighted by atomic mass is 10.0. The first-order valence-electron chi connectivity index (χ1n) is 13.5. The normalized spacial score (nSPS) is 19.6. The lowest BCUT2D eigenvalue weighted by molar-refractivity contribution is -0.137. The van der Waals surface area contributed by atoms with Crippen LogP contribution in [0.25, 0.3) is 0 Å². The number of nitrogens with zero attached hydrogens (tertiary/aromatic N) is 3. The molecule has 40 heavy (non-hydrogen) atoms. The van der Waals surface area contributed by atoms with Gasteiger partial charge in [0.1, 0.15) is 18.2 Å². The number of piperidine rings is 1. The molecule has 0 aliphatic carbocycles. The molecule has 1 atom stereocenters. The molecule has 5 amide bonds. The van der Waals surface area contributed by atoms with Crippen molar-refractivity contribution in [3.63, 3.8) is 0 Å². The summed E-state index contributed by atoms with van der Waals surface area (Å²) in [6, 6.07) is 4.40. The predicted octanol–water partition coefficient (Wildman–Crippen LogP) is 0.283. The Morgan fingerprint density at radius 2 is 1.93 bits per heavy atom. The molecule has 4 rings (SSSR count). The van der Waals surface area contributed by atoms with Crippen LogP contribution in [0.5, 0.6) is 0 Å². The van der Waals surface area contributed by atoms with Crippen LogP contribution in [0.2, 0.25) is 0 Å². The molecule has 1 unspecified atom stereocenters. The maximum Gasteiger partial charge on any atom is 0.410 e. The highest BCUT2D eigenvalue weighted by atomic mass is 16.6. The van der Waals surface area contributed by atoms with Gasteiger partial charge in [-0.2, -0.15) is 0 Å². The molecule has 0 spiro atoms. The molecule has 3 aliphatic rings. The number of hydrogen-bond donors (Lipinski definition) is 3. The highest BCUT2D eigenvalue weighted by Crippen LogP contribution is 2.32. The van der Waals surface area contributed by atoms with Gasteiger partial charge in [-0.15, -0.1) is 0 Å². The molecule has 13 nitrogen and oxygen atoms in total. The Morgan fingerprint density at radius 3 is 2.60 bits per heavy atom. The first-order chi connectivity index (χ1) is 18.9. The fourth-order valence-electron chi connectivity index (χ4n) is 4.89. The number of hydrogen-bond acceptors (Lipinski definition) is 9. The Hall–Kier alpha value is -3.55. The van der Waals surface area contributed by atoms with E-state index in [1.165, 1.54) is 9.80 Å². The van der Waals surface area contributed by atoms with Crippen LogP contribution < -0.4 is 16.4 Å². The molecule has 0 saturated carbocycles. The average Bonchev–Trinajstić information content (AvgIpc) is 3.18. The summed E-state index contributed by atoms with van der Waals surface area (Å²) in [5.41, 5.74) is 6.41. The number of nitrogens with one attached hydrogen (secondary N) is 2. The van der Waals surface area contributed by atoms with E-state index in [0.717, 1.165) is 19.6 Å². The van der Waals surface area contributed by atoms with Crippen molar-refractivity contribution < 1.29 is 33.4 Å². The van der Waals surface area contributed by atoms with Gasteiger partial charge >= 0.3 is 6.09 Å². The van der Waals surface area contributed by atoms with Crippen molar-refractivity contribution in [3.05, 3.63) is 29.3 Å². The van der Waals surface area contributed by atoms with Crippen LogP contribution in [-0.4, -0.2) is 108 Å². The fraction of sp³-hybridized carbons (Fsp3) is 0.593. The lowest BCUT2D eigenvalue weighted by Gasteiger charge is -2.36. The number of nitrogens with two attached hydrogens (primary N) is 1. The van der Waals surface area contributed by atoms with E-state index in [-0.39, 0.29) is 56.9 Å². The van der Waals surface area contributed by atoms with Gasteiger partial charge in [0.05, 0.1) is 13.2 Å². The van der Waals surface area contributed by atoms with E-state index in [2.05, 4.69) is 15.5 Å². The minimum absolute atomic E-state index is 0.114. The quantitative estimate of drug-likeness (QED) is 0.270. The maximum atomic E-state index is 13.1. The van der Waals surface area contributed by atoms with Crippen LogP contribution in [0, 0.1) is 0 Å². The van der Waals surface area contributed by atoms with Crippen LogP contribution in [0.15, 0.2) is 18.2 Å². The third-order valence-corrected chi connectivity index (χ3v) is 6.89. The Kier molecular flexibility index (Phi) is 9.06. The molecule has 3 heterocycles. The van der Waals surface area contributed by atoms with Crippen molar-refractivity contribution >= 4 is 35.4 Å². The number of imide groups is 1. The zero-order valence-corrected chi connectivity index (χ0v) is 23.2. The Labute approximate surface area is 233 Å².